The first kappa shape index (κ1) is 18.8. The number of alkyl halides is 1. The van der Waals surface area contributed by atoms with Crippen LogP contribution in [0.5, 0.6) is 0 Å². The summed E-state index contributed by atoms with van der Waals surface area (Å²) in [4.78, 5) is 20.5. The van der Waals surface area contributed by atoms with Crippen molar-refractivity contribution in [3.05, 3.63) is 70.9 Å². The number of fused-ring (bicyclic) bond motifs is 1. The molecule has 1 aliphatic heterocycles. The van der Waals surface area contributed by atoms with Gasteiger partial charge in [-0.05, 0) is 29.8 Å². The molecule has 0 radical (unpaired) electrons. The second kappa shape index (κ2) is 7.85. The summed E-state index contributed by atoms with van der Waals surface area (Å²) in [5.74, 6) is -0.471. The number of nitrogens with zero attached hydrogens (tertiary/aromatic N) is 4. The topological polar surface area (TPSA) is 40.9 Å². The fourth-order valence-corrected chi connectivity index (χ4v) is 3.65. The maximum absolute atomic E-state index is 14.6. The van der Waals surface area contributed by atoms with E-state index in [1.54, 1.807) is 44.7 Å². The minimum absolute atomic E-state index is 0.138. The third-order valence-corrected chi connectivity index (χ3v) is 5.32. The minimum atomic E-state index is -1.17. The first-order valence-corrected chi connectivity index (χ1v) is 9.44. The zero-order valence-electron chi connectivity index (χ0n) is 15.1. The van der Waals surface area contributed by atoms with E-state index in [-0.39, 0.29) is 18.1 Å². The molecule has 1 unspecified atom stereocenters. The van der Waals surface area contributed by atoms with Crippen LogP contribution in [-0.4, -0.2) is 57.6 Å². The average Bonchev–Trinajstić information content (AvgIpc) is 3.10. The van der Waals surface area contributed by atoms with Crippen molar-refractivity contribution in [2.24, 2.45) is 0 Å². The Morgan fingerprint density at radius 2 is 1.86 bits per heavy atom. The van der Waals surface area contributed by atoms with Crippen LogP contribution in [0.1, 0.15) is 15.9 Å². The van der Waals surface area contributed by atoms with Gasteiger partial charge in [0.2, 0.25) is 0 Å². The van der Waals surface area contributed by atoms with Crippen molar-refractivity contribution in [2.75, 3.05) is 26.2 Å². The largest absolute Gasteiger partial charge is 0.336 e. The molecular weight excluding hydrogens is 386 g/mol. The summed E-state index contributed by atoms with van der Waals surface area (Å²) in [5, 5.41) is 0.440. The first-order chi connectivity index (χ1) is 13.5. The van der Waals surface area contributed by atoms with Crippen LogP contribution in [0.25, 0.3) is 5.65 Å². The van der Waals surface area contributed by atoms with E-state index in [1.807, 2.05) is 0 Å². The summed E-state index contributed by atoms with van der Waals surface area (Å²) in [6.45, 7) is 1.73. The Balaban J connectivity index is 1.39. The molecule has 1 saturated heterocycles. The molecule has 0 spiro atoms. The summed E-state index contributed by atoms with van der Waals surface area (Å²) in [5.41, 5.74) is 1.74. The SMILES string of the molecule is O=C(c1cccn2c(Cl)cnc12)N1CCN(C(F)Cc2ccc(F)cc2)CC1. The molecule has 1 fully saturated rings. The number of hydrogen-bond acceptors (Lipinski definition) is 3. The van der Waals surface area contributed by atoms with Crippen molar-refractivity contribution >= 4 is 23.2 Å². The number of imidazole rings is 1. The number of pyridine rings is 1. The van der Waals surface area contributed by atoms with Gasteiger partial charge in [-0.1, -0.05) is 23.7 Å². The first-order valence-electron chi connectivity index (χ1n) is 9.06. The van der Waals surface area contributed by atoms with Crippen LogP contribution < -0.4 is 0 Å². The normalized spacial score (nSPS) is 16.5. The molecular formula is C20H19ClF2N4O. The summed E-state index contributed by atoms with van der Waals surface area (Å²) in [6, 6.07) is 9.34. The molecule has 28 heavy (non-hydrogen) atoms. The fraction of sp³-hybridized carbons (Fsp3) is 0.300. The lowest BCUT2D eigenvalue weighted by atomic mass is 10.1. The number of rotatable bonds is 4. The number of halogens is 3. The van der Waals surface area contributed by atoms with Crippen LogP contribution in [-0.2, 0) is 6.42 Å². The molecule has 3 heterocycles. The highest BCUT2D eigenvalue weighted by Crippen LogP contribution is 2.19. The van der Waals surface area contributed by atoms with Gasteiger partial charge in [0, 0.05) is 38.8 Å². The van der Waals surface area contributed by atoms with E-state index in [4.69, 9.17) is 11.6 Å². The highest BCUT2D eigenvalue weighted by atomic mass is 35.5. The molecule has 146 valence electrons. The zero-order chi connectivity index (χ0) is 19.7. The highest BCUT2D eigenvalue weighted by Gasteiger charge is 2.27. The summed E-state index contributed by atoms with van der Waals surface area (Å²) < 4.78 is 29.3. The lowest BCUT2D eigenvalue weighted by Crippen LogP contribution is -2.51. The summed E-state index contributed by atoms with van der Waals surface area (Å²) in [7, 11) is 0. The Morgan fingerprint density at radius 3 is 2.57 bits per heavy atom. The van der Waals surface area contributed by atoms with Crippen molar-refractivity contribution in [3.63, 3.8) is 0 Å². The Bertz CT molecular complexity index is 984. The van der Waals surface area contributed by atoms with Crippen molar-refractivity contribution in [2.45, 2.75) is 12.7 Å². The van der Waals surface area contributed by atoms with Gasteiger partial charge in [0.25, 0.3) is 5.91 Å². The van der Waals surface area contributed by atoms with Gasteiger partial charge in [-0.3, -0.25) is 14.1 Å². The second-order valence-electron chi connectivity index (χ2n) is 6.79. The van der Waals surface area contributed by atoms with E-state index >= 15 is 0 Å². The molecule has 1 amide bonds. The monoisotopic (exact) mass is 404 g/mol. The molecule has 5 nitrogen and oxygen atoms in total. The lowest BCUT2D eigenvalue weighted by Gasteiger charge is -2.36. The molecule has 0 aliphatic carbocycles. The number of carbonyl (C=O) groups is 1. The highest BCUT2D eigenvalue weighted by molar-refractivity contribution is 6.29. The minimum Gasteiger partial charge on any atom is -0.336 e. The standard InChI is InChI=1S/C20H19ClF2N4O/c21-17-13-24-19-16(2-1-7-27(17)19)20(28)26-10-8-25(9-11-26)18(23)12-14-3-5-15(22)6-4-14/h1-7,13,18H,8-12H2. The van der Waals surface area contributed by atoms with Gasteiger partial charge in [0.05, 0.1) is 11.8 Å². The van der Waals surface area contributed by atoms with Crippen molar-refractivity contribution in [1.82, 2.24) is 19.2 Å². The van der Waals surface area contributed by atoms with Crippen LogP contribution in [0.3, 0.4) is 0 Å². The Kier molecular flexibility index (Phi) is 5.28. The molecule has 0 bridgehead atoms. The van der Waals surface area contributed by atoms with Gasteiger partial charge in [0.15, 0.2) is 11.9 Å². The molecule has 1 atom stereocenters. The second-order valence-corrected chi connectivity index (χ2v) is 7.18. The zero-order valence-corrected chi connectivity index (χ0v) is 15.8. The van der Waals surface area contributed by atoms with E-state index < -0.39 is 6.30 Å². The Morgan fingerprint density at radius 1 is 1.14 bits per heavy atom. The van der Waals surface area contributed by atoms with Gasteiger partial charge in [0.1, 0.15) is 11.0 Å². The van der Waals surface area contributed by atoms with Crippen LogP contribution in [0.4, 0.5) is 8.78 Å². The third-order valence-electron chi connectivity index (χ3n) is 5.04. The predicted octanol–water partition coefficient (Wildman–Crippen LogP) is 3.42. The summed E-state index contributed by atoms with van der Waals surface area (Å²) in [6.07, 6.45) is 2.29. The van der Waals surface area contributed by atoms with Crippen LogP contribution in [0.2, 0.25) is 5.15 Å². The number of piperazine rings is 1. The van der Waals surface area contributed by atoms with Crippen molar-refractivity contribution in [1.29, 1.82) is 0 Å². The van der Waals surface area contributed by atoms with E-state index in [0.29, 0.717) is 42.5 Å². The molecule has 0 saturated carbocycles. The number of aromatic nitrogens is 2. The van der Waals surface area contributed by atoms with Crippen LogP contribution in [0.15, 0.2) is 48.8 Å². The molecule has 2 aromatic heterocycles. The summed E-state index contributed by atoms with van der Waals surface area (Å²) >= 11 is 6.07. The number of benzene rings is 1. The van der Waals surface area contributed by atoms with Gasteiger partial charge >= 0.3 is 0 Å². The van der Waals surface area contributed by atoms with Crippen molar-refractivity contribution in [3.8, 4) is 0 Å². The van der Waals surface area contributed by atoms with Gasteiger partial charge in [-0.15, -0.1) is 0 Å². The van der Waals surface area contributed by atoms with E-state index in [9.17, 15) is 13.6 Å². The van der Waals surface area contributed by atoms with Gasteiger partial charge in [-0.25, -0.2) is 13.8 Å². The third kappa shape index (κ3) is 3.72. The average molecular weight is 405 g/mol. The molecule has 1 aromatic carbocycles. The van der Waals surface area contributed by atoms with Crippen LogP contribution in [0, 0.1) is 5.82 Å². The molecule has 3 aromatic rings. The smallest absolute Gasteiger partial charge is 0.257 e. The number of carbonyl (C=O) groups excluding carboxylic acids is 1. The molecule has 4 rings (SSSR count). The molecule has 1 aliphatic rings. The maximum Gasteiger partial charge on any atom is 0.257 e. The van der Waals surface area contributed by atoms with Gasteiger partial charge < -0.3 is 4.90 Å². The van der Waals surface area contributed by atoms with Crippen LogP contribution >= 0.6 is 11.6 Å². The quantitative estimate of drug-likeness (QED) is 0.626. The maximum atomic E-state index is 14.6. The van der Waals surface area contributed by atoms with E-state index in [2.05, 4.69) is 4.98 Å². The number of hydrogen-bond donors (Lipinski definition) is 0. The number of amides is 1. The van der Waals surface area contributed by atoms with E-state index in [1.165, 1.54) is 18.3 Å². The fourth-order valence-electron chi connectivity index (χ4n) is 3.47. The molecule has 0 N–H and O–H groups in total. The predicted molar refractivity (Wildman–Crippen MR) is 103 cm³/mol. The van der Waals surface area contributed by atoms with E-state index in [0.717, 1.165) is 5.56 Å². The van der Waals surface area contributed by atoms with Gasteiger partial charge in [-0.2, -0.15) is 0 Å². The molecule has 8 heteroatoms. The Hall–Kier alpha value is -2.51. The van der Waals surface area contributed by atoms with Crippen molar-refractivity contribution < 1.29 is 13.6 Å². The lowest BCUT2D eigenvalue weighted by molar-refractivity contribution is 0.0280. The Labute approximate surface area is 166 Å².